The van der Waals surface area contributed by atoms with Crippen molar-refractivity contribution in [3.05, 3.63) is 54.3 Å². The number of anilines is 3. The molecule has 0 fully saturated rings. The average molecular weight is 315 g/mol. The van der Waals surface area contributed by atoms with Crippen LogP contribution in [0.4, 0.5) is 21.5 Å². The second kappa shape index (κ2) is 7.40. The molecule has 0 bridgehead atoms. The average Bonchev–Trinajstić information content (AvgIpc) is 2.55. The van der Waals surface area contributed by atoms with E-state index in [1.54, 1.807) is 31.3 Å². The van der Waals surface area contributed by atoms with Crippen LogP contribution < -0.4 is 15.5 Å². The maximum absolute atomic E-state index is 12.8. The molecule has 5 nitrogen and oxygen atoms in total. The van der Waals surface area contributed by atoms with E-state index in [4.69, 9.17) is 0 Å². The highest BCUT2D eigenvalue weighted by Gasteiger charge is 2.06. The van der Waals surface area contributed by atoms with Gasteiger partial charge in [0, 0.05) is 31.0 Å². The highest BCUT2D eigenvalue weighted by Crippen LogP contribution is 2.17. The van der Waals surface area contributed by atoms with Gasteiger partial charge in [0.15, 0.2) is 0 Å². The summed E-state index contributed by atoms with van der Waals surface area (Å²) >= 11 is 0. The van der Waals surface area contributed by atoms with E-state index in [0.29, 0.717) is 5.69 Å². The predicted molar refractivity (Wildman–Crippen MR) is 89.0 cm³/mol. The summed E-state index contributed by atoms with van der Waals surface area (Å²) in [6.45, 7) is 1.57. The summed E-state index contributed by atoms with van der Waals surface area (Å²) in [5.41, 5.74) is 2.08. The molecule has 0 saturated carbocycles. The lowest BCUT2D eigenvalue weighted by Gasteiger charge is -2.15. The Morgan fingerprint density at radius 3 is 2.13 bits per heavy atom. The summed E-state index contributed by atoms with van der Waals surface area (Å²) < 4.78 is 12.8. The smallest absolute Gasteiger partial charge is 0.243 e. The van der Waals surface area contributed by atoms with Crippen LogP contribution in [0.2, 0.25) is 0 Å². The molecule has 2 aromatic rings. The standard InChI is InChI=1S/C17H18FN3O2/c1-12(22)21(2)16-9-7-14(8-10-16)19-11-17(23)20-15-5-3-13(18)4-6-15/h3-10,19H,11H2,1-2H3,(H,20,23). The number of carbonyl (C=O) groups excluding carboxylic acids is 2. The molecule has 0 unspecified atom stereocenters. The van der Waals surface area contributed by atoms with Crippen LogP contribution >= 0.6 is 0 Å². The van der Waals surface area contributed by atoms with Crippen LogP contribution in [-0.2, 0) is 9.59 Å². The summed E-state index contributed by atoms with van der Waals surface area (Å²) in [7, 11) is 1.70. The number of hydrogen-bond acceptors (Lipinski definition) is 3. The van der Waals surface area contributed by atoms with Gasteiger partial charge in [-0.05, 0) is 48.5 Å². The van der Waals surface area contributed by atoms with Gasteiger partial charge in [-0.2, -0.15) is 0 Å². The van der Waals surface area contributed by atoms with Gasteiger partial charge < -0.3 is 15.5 Å². The molecular weight excluding hydrogens is 297 g/mol. The van der Waals surface area contributed by atoms with Crippen molar-refractivity contribution < 1.29 is 14.0 Å². The van der Waals surface area contributed by atoms with Gasteiger partial charge in [-0.15, -0.1) is 0 Å². The number of hydrogen-bond donors (Lipinski definition) is 2. The Hall–Kier alpha value is -2.89. The molecule has 0 aliphatic rings. The highest BCUT2D eigenvalue weighted by atomic mass is 19.1. The number of nitrogens with zero attached hydrogens (tertiary/aromatic N) is 1. The molecule has 0 aliphatic carbocycles. The van der Waals surface area contributed by atoms with E-state index in [9.17, 15) is 14.0 Å². The monoisotopic (exact) mass is 315 g/mol. The molecule has 2 aromatic carbocycles. The molecule has 6 heteroatoms. The van der Waals surface area contributed by atoms with Gasteiger partial charge in [-0.25, -0.2) is 4.39 Å². The molecule has 0 atom stereocenters. The number of rotatable bonds is 5. The Morgan fingerprint density at radius 2 is 1.57 bits per heavy atom. The molecule has 0 radical (unpaired) electrons. The van der Waals surface area contributed by atoms with Gasteiger partial charge in [0.25, 0.3) is 0 Å². The topological polar surface area (TPSA) is 61.4 Å². The molecule has 0 aliphatic heterocycles. The third kappa shape index (κ3) is 4.81. The Kier molecular flexibility index (Phi) is 5.30. The first-order valence-corrected chi connectivity index (χ1v) is 7.09. The van der Waals surface area contributed by atoms with Gasteiger partial charge >= 0.3 is 0 Å². The maximum Gasteiger partial charge on any atom is 0.243 e. The maximum atomic E-state index is 12.8. The Balaban J connectivity index is 1.86. The second-order valence-electron chi connectivity index (χ2n) is 5.03. The van der Waals surface area contributed by atoms with E-state index in [2.05, 4.69) is 10.6 Å². The molecular formula is C17H18FN3O2. The quantitative estimate of drug-likeness (QED) is 0.892. The van der Waals surface area contributed by atoms with Crippen LogP contribution in [-0.4, -0.2) is 25.4 Å². The van der Waals surface area contributed by atoms with Gasteiger partial charge in [0.2, 0.25) is 11.8 Å². The lowest BCUT2D eigenvalue weighted by molar-refractivity contribution is -0.116. The molecule has 0 spiro atoms. The third-order valence-electron chi connectivity index (χ3n) is 3.31. The van der Waals surface area contributed by atoms with Crippen molar-refractivity contribution in [2.75, 3.05) is 29.1 Å². The minimum Gasteiger partial charge on any atom is -0.376 e. The second-order valence-corrected chi connectivity index (χ2v) is 5.03. The lowest BCUT2D eigenvalue weighted by Crippen LogP contribution is -2.23. The fourth-order valence-corrected chi connectivity index (χ4v) is 1.91. The van der Waals surface area contributed by atoms with Crippen molar-refractivity contribution in [1.82, 2.24) is 0 Å². The number of halogens is 1. The van der Waals surface area contributed by atoms with Crippen LogP contribution in [0.1, 0.15) is 6.92 Å². The summed E-state index contributed by atoms with van der Waals surface area (Å²) in [5, 5.41) is 5.64. The molecule has 0 aromatic heterocycles. The summed E-state index contributed by atoms with van der Waals surface area (Å²) in [6, 6.07) is 12.7. The van der Waals surface area contributed by atoms with Crippen molar-refractivity contribution in [2.24, 2.45) is 0 Å². The van der Waals surface area contributed by atoms with E-state index < -0.39 is 0 Å². The summed E-state index contributed by atoms with van der Waals surface area (Å²) in [5.74, 6) is -0.636. The summed E-state index contributed by atoms with van der Waals surface area (Å²) in [4.78, 5) is 24.6. The minimum atomic E-state index is -0.350. The molecule has 0 heterocycles. The largest absolute Gasteiger partial charge is 0.376 e. The van der Waals surface area contributed by atoms with E-state index in [1.807, 2.05) is 0 Å². The minimum absolute atomic E-state index is 0.0515. The molecule has 120 valence electrons. The van der Waals surface area contributed by atoms with Gasteiger partial charge in [0.05, 0.1) is 6.54 Å². The Bertz CT molecular complexity index is 684. The van der Waals surface area contributed by atoms with Crippen molar-refractivity contribution in [3.63, 3.8) is 0 Å². The van der Waals surface area contributed by atoms with Gasteiger partial charge in [-0.3, -0.25) is 9.59 Å². The normalized spacial score (nSPS) is 10.0. The highest BCUT2D eigenvalue weighted by molar-refractivity contribution is 5.94. The lowest BCUT2D eigenvalue weighted by atomic mass is 10.2. The zero-order valence-electron chi connectivity index (χ0n) is 13.0. The van der Waals surface area contributed by atoms with E-state index in [0.717, 1.165) is 11.4 Å². The predicted octanol–water partition coefficient (Wildman–Crippen LogP) is 2.86. The fraction of sp³-hybridized carbons (Fsp3) is 0.176. The van der Waals surface area contributed by atoms with E-state index in [-0.39, 0.29) is 24.2 Å². The van der Waals surface area contributed by atoms with Crippen LogP contribution in [0.25, 0.3) is 0 Å². The van der Waals surface area contributed by atoms with Crippen LogP contribution in [0.3, 0.4) is 0 Å². The molecule has 23 heavy (non-hydrogen) atoms. The van der Waals surface area contributed by atoms with Crippen LogP contribution in [0, 0.1) is 5.82 Å². The van der Waals surface area contributed by atoms with Crippen molar-refractivity contribution >= 4 is 28.9 Å². The number of benzene rings is 2. The zero-order chi connectivity index (χ0) is 16.8. The van der Waals surface area contributed by atoms with Gasteiger partial charge in [0.1, 0.15) is 5.82 Å². The Morgan fingerprint density at radius 1 is 1.00 bits per heavy atom. The molecule has 2 rings (SSSR count). The van der Waals surface area contributed by atoms with Crippen LogP contribution in [0.5, 0.6) is 0 Å². The number of amides is 2. The first kappa shape index (κ1) is 16.5. The first-order valence-electron chi connectivity index (χ1n) is 7.09. The SMILES string of the molecule is CC(=O)N(C)c1ccc(NCC(=O)Nc2ccc(F)cc2)cc1. The number of nitrogens with one attached hydrogen (secondary N) is 2. The third-order valence-corrected chi connectivity index (χ3v) is 3.31. The molecule has 0 saturated heterocycles. The molecule has 2 N–H and O–H groups in total. The van der Waals surface area contributed by atoms with E-state index in [1.165, 1.54) is 36.1 Å². The van der Waals surface area contributed by atoms with Crippen molar-refractivity contribution in [2.45, 2.75) is 6.92 Å². The fourth-order valence-electron chi connectivity index (χ4n) is 1.91. The number of carbonyl (C=O) groups is 2. The molecule has 2 amide bonds. The van der Waals surface area contributed by atoms with Crippen LogP contribution in [0.15, 0.2) is 48.5 Å². The first-order chi connectivity index (χ1) is 11.0. The van der Waals surface area contributed by atoms with Crippen molar-refractivity contribution in [1.29, 1.82) is 0 Å². The van der Waals surface area contributed by atoms with Crippen molar-refractivity contribution in [3.8, 4) is 0 Å². The zero-order valence-corrected chi connectivity index (χ0v) is 13.0. The van der Waals surface area contributed by atoms with Gasteiger partial charge in [-0.1, -0.05) is 0 Å². The Labute approximate surface area is 134 Å². The summed E-state index contributed by atoms with van der Waals surface area (Å²) in [6.07, 6.45) is 0. The van der Waals surface area contributed by atoms with E-state index >= 15 is 0 Å².